The summed E-state index contributed by atoms with van der Waals surface area (Å²) in [6.45, 7) is 9.18. The van der Waals surface area contributed by atoms with Gasteiger partial charge in [-0.15, -0.1) is 0 Å². The van der Waals surface area contributed by atoms with Crippen molar-refractivity contribution in [2.75, 3.05) is 46.4 Å². The number of hydrogen-bond donors (Lipinski definition) is 2. The fourth-order valence-corrected chi connectivity index (χ4v) is 1.96. The van der Waals surface area contributed by atoms with E-state index < -0.39 is 0 Å². The van der Waals surface area contributed by atoms with Crippen molar-refractivity contribution in [3.63, 3.8) is 0 Å². The van der Waals surface area contributed by atoms with Gasteiger partial charge in [-0.3, -0.25) is 9.69 Å². The molecule has 0 bridgehead atoms. The van der Waals surface area contributed by atoms with E-state index in [0.717, 1.165) is 32.8 Å². The first-order chi connectivity index (χ1) is 8.06. The van der Waals surface area contributed by atoms with Gasteiger partial charge in [0.05, 0.1) is 13.2 Å². The van der Waals surface area contributed by atoms with Crippen LogP contribution in [0.4, 0.5) is 0 Å². The summed E-state index contributed by atoms with van der Waals surface area (Å²) in [4.78, 5) is 13.8. The molecule has 17 heavy (non-hydrogen) atoms. The van der Waals surface area contributed by atoms with E-state index in [4.69, 9.17) is 4.74 Å². The van der Waals surface area contributed by atoms with Gasteiger partial charge < -0.3 is 15.4 Å². The highest BCUT2D eigenvalue weighted by Gasteiger charge is 2.29. The molecule has 100 valence electrons. The smallest absolute Gasteiger partial charge is 0.221 e. The average molecular weight is 243 g/mol. The molecule has 0 aromatic heterocycles. The minimum atomic E-state index is 0.0773. The van der Waals surface area contributed by atoms with Crippen LogP contribution in [0, 0.1) is 0 Å². The van der Waals surface area contributed by atoms with E-state index in [1.165, 1.54) is 0 Å². The van der Waals surface area contributed by atoms with E-state index in [1.807, 2.05) is 7.05 Å². The Balaban J connectivity index is 2.19. The third-order valence-electron chi connectivity index (χ3n) is 3.12. The molecule has 0 unspecified atom stereocenters. The van der Waals surface area contributed by atoms with Crippen LogP contribution >= 0.6 is 0 Å². The Morgan fingerprint density at radius 1 is 1.41 bits per heavy atom. The van der Waals surface area contributed by atoms with E-state index in [2.05, 4.69) is 29.4 Å². The Morgan fingerprint density at radius 3 is 2.82 bits per heavy atom. The zero-order valence-electron chi connectivity index (χ0n) is 11.2. The summed E-state index contributed by atoms with van der Waals surface area (Å²) >= 11 is 0. The van der Waals surface area contributed by atoms with Crippen molar-refractivity contribution in [1.29, 1.82) is 0 Å². The summed E-state index contributed by atoms with van der Waals surface area (Å²) in [5, 5.41) is 5.90. The first kappa shape index (κ1) is 14.4. The summed E-state index contributed by atoms with van der Waals surface area (Å²) in [6, 6.07) is 0. The molecule has 1 aliphatic heterocycles. The van der Waals surface area contributed by atoms with Crippen molar-refractivity contribution in [2.24, 2.45) is 0 Å². The molecule has 5 nitrogen and oxygen atoms in total. The fraction of sp³-hybridized carbons (Fsp3) is 0.917. The molecule has 1 rings (SSSR count). The molecule has 0 aromatic rings. The van der Waals surface area contributed by atoms with E-state index in [1.54, 1.807) is 0 Å². The van der Waals surface area contributed by atoms with Gasteiger partial charge in [0.2, 0.25) is 5.91 Å². The number of nitrogens with one attached hydrogen (secondary N) is 2. The van der Waals surface area contributed by atoms with Crippen LogP contribution in [-0.2, 0) is 9.53 Å². The molecule has 0 radical (unpaired) electrons. The molecule has 1 saturated heterocycles. The van der Waals surface area contributed by atoms with Crippen LogP contribution < -0.4 is 10.6 Å². The van der Waals surface area contributed by atoms with Gasteiger partial charge in [0.1, 0.15) is 0 Å². The standard InChI is InChI=1S/C12H25N3O2/c1-12(2)10-17-9-8-15(12)7-6-14-11(16)4-5-13-3/h13H,4-10H2,1-3H3,(H,14,16). The fourth-order valence-electron chi connectivity index (χ4n) is 1.96. The third-order valence-corrected chi connectivity index (χ3v) is 3.12. The van der Waals surface area contributed by atoms with Gasteiger partial charge in [0.15, 0.2) is 0 Å². The topological polar surface area (TPSA) is 53.6 Å². The van der Waals surface area contributed by atoms with Crippen LogP contribution in [-0.4, -0.2) is 62.8 Å². The van der Waals surface area contributed by atoms with Crippen LogP contribution in [0.15, 0.2) is 0 Å². The lowest BCUT2D eigenvalue weighted by Gasteiger charge is -2.42. The number of carbonyl (C=O) groups is 1. The second-order valence-corrected chi connectivity index (χ2v) is 5.06. The highest BCUT2D eigenvalue weighted by Crippen LogP contribution is 2.17. The second-order valence-electron chi connectivity index (χ2n) is 5.06. The minimum absolute atomic E-state index is 0.0773. The third kappa shape index (κ3) is 5.02. The van der Waals surface area contributed by atoms with Crippen LogP contribution in [0.3, 0.4) is 0 Å². The van der Waals surface area contributed by atoms with Gasteiger partial charge in [-0.25, -0.2) is 0 Å². The number of morpholine rings is 1. The van der Waals surface area contributed by atoms with Crippen LogP contribution in [0.2, 0.25) is 0 Å². The monoisotopic (exact) mass is 243 g/mol. The molecule has 0 aromatic carbocycles. The lowest BCUT2D eigenvalue weighted by atomic mass is 10.0. The van der Waals surface area contributed by atoms with Gasteiger partial charge in [0.25, 0.3) is 0 Å². The van der Waals surface area contributed by atoms with Gasteiger partial charge in [-0.05, 0) is 20.9 Å². The lowest BCUT2D eigenvalue weighted by molar-refractivity contribution is -0.121. The van der Waals surface area contributed by atoms with Crippen molar-refractivity contribution >= 4 is 5.91 Å². The number of hydrogen-bond acceptors (Lipinski definition) is 4. The van der Waals surface area contributed by atoms with Crippen LogP contribution in [0.25, 0.3) is 0 Å². The molecule has 0 saturated carbocycles. The summed E-state index contributed by atoms with van der Waals surface area (Å²) in [5.41, 5.74) is 0.0773. The molecular formula is C12H25N3O2. The molecule has 1 aliphatic rings. The van der Waals surface area contributed by atoms with E-state index in [0.29, 0.717) is 13.0 Å². The Kier molecular flexibility index (Phi) is 5.88. The molecule has 0 atom stereocenters. The minimum Gasteiger partial charge on any atom is -0.378 e. The number of nitrogens with zero attached hydrogens (tertiary/aromatic N) is 1. The predicted octanol–water partition coefficient (Wildman–Crippen LogP) is -0.177. The maximum atomic E-state index is 11.4. The highest BCUT2D eigenvalue weighted by atomic mass is 16.5. The van der Waals surface area contributed by atoms with Crippen molar-refractivity contribution in [2.45, 2.75) is 25.8 Å². The van der Waals surface area contributed by atoms with Gasteiger partial charge in [-0.2, -0.15) is 0 Å². The Bertz CT molecular complexity index is 244. The molecule has 0 spiro atoms. The molecular weight excluding hydrogens is 218 g/mol. The van der Waals surface area contributed by atoms with Crippen LogP contribution in [0.1, 0.15) is 20.3 Å². The van der Waals surface area contributed by atoms with Gasteiger partial charge in [0, 0.05) is 38.1 Å². The molecule has 5 heteroatoms. The SMILES string of the molecule is CNCCC(=O)NCCN1CCOCC1(C)C. The quantitative estimate of drug-likeness (QED) is 0.680. The van der Waals surface area contributed by atoms with Crippen molar-refractivity contribution in [1.82, 2.24) is 15.5 Å². The second kappa shape index (κ2) is 6.93. The number of amides is 1. The van der Waals surface area contributed by atoms with Crippen molar-refractivity contribution < 1.29 is 9.53 Å². The van der Waals surface area contributed by atoms with Crippen molar-refractivity contribution in [3.05, 3.63) is 0 Å². The number of ether oxygens (including phenoxy) is 1. The zero-order chi connectivity index (χ0) is 12.7. The average Bonchev–Trinajstić information content (AvgIpc) is 2.28. The van der Waals surface area contributed by atoms with E-state index >= 15 is 0 Å². The van der Waals surface area contributed by atoms with Gasteiger partial charge >= 0.3 is 0 Å². The zero-order valence-corrected chi connectivity index (χ0v) is 11.2. The maximum Gasteiger partial charge on any atom is 0.221 e. The normalized spacial score (nSPS) is 20.2. The highest BCUT2D eigenvalue weighted by molar-refractivity contribution is 5.76. The summed E-state index contributed by atoms with van der Waals surface area (Å²) in [5.74, 6) is 0.116. The first-order valence-electron chi connectivity index (χ1n) is 6.30. The van der Waals surface area contributed by atoms with Gasteiger partial charge in [-0.1, -0.05) is 0 Å². The lowest BCUT2D eigenvalue weighted by Crippen LogP contribution is -2.54. The molecule has 0 aliphatic carbocycles. The first-order valence-corrected chi connectivity index (χ1v) is 6.30. The summed E-state index contributed by atoms with van der Waals surface area (Å²) in [7, 11) is 1.85. The van der Waals surface area contributed by atoms with Crippen LogP contribution in [0.5, 0.6) is 0 Å². The molecule has 1 amide bonds. The van der Waals surface area contributed by atoms with Crippen molar-refractivity contribution in [3.8, 4) is 0 Å². The number of rotatable bonds is 6. The maximum absolute atomic E-state index is 11.4. The predicted molar refractivity (Wildman–Crippen MR) is 68.0 cm³/mol. The molecule has 1 fully saturated rings. The summed E-state index contributed by atoms with van der Waals surface area (Å²) in [6.07, 6.45) is 0.545. The largest absolute Gasteiger partial charge is 0.378 e. The summed E-state index contributed by atoms with van der Waals surface area (Å²) < 4.78 is 5.46. The Morgan fingerprint density at radius 2 is 2.18 bits per heavy atom. The Labute approximate surface area is 104 Å². The Hall–Kier alpha value is -0.650. The molecule has 2 N–H and O–H groups in total. The van der Waals surface area contributed by atoms with E-state index in [-0.39, 0.29) is 11.4 Å². The van der Waals surface area contributed by atoms with E-state index in [9.17, 15) is 4.79 Å². The number of carbonyl (C=O) groups excluding carboxylic acids is 1. The molecule has 1 heterocycles.